The summed E-state index contributed by atoms with van der Waals surface area (Å²) in [5, 5.41) is 0. The second-order valence-electron chi connectivity index (χ2n) is 4.68. The van der Waals surface area contributed by atoms with E-state index in [-0.39, 0.29) is 11.9 Å². The lowest BCUT2D eigenvalue weighted by atomic mass is 9.97. The first-order valence-corrected chi connectivity index (χ1v) is 5.77. The molecule has 0 aromatic heterocycles. The molecule has 0 bridgehead atoms. The highest BCUT2D eigenvalue weighted by Crippen LogP contribution is 2.35. The monoisotopic (exact) mass is 218 g/mol. The van der Waals surface area contributed by atoms with Crippen molar-refractivity contribution in [1.29, 1.82) is 0 Å². The summed E-state index contributed by atoms with van der Waals surface area (Å²) in [6.45, 7) is 4.02. The fraction of sp³-hybridized carbons (Fsp3) is 0.500. The molecule has 0 saturated heterocycles. The minimum absolute atomic E-state index is 0.141. The second-order valence-corrected chi connectivity index (χ2v) is 4.68. The van der Waals surface area contributed by atoms with Crippen molar-refractivity contribution in [1.82, 2.24) is 0 Å². The number of ether oxygens (including phenoxy) is 1. The van der Waals surface area contributed by atoms with Gasteiger partial charge in [0.15, 0.2) is 5.78 Å². The third kappa shape index (κ3) is 2.17. The Morgan fingerprint density at radius 2 is 2.06 bits per heavy atom. The van der Waals surface area contributed by atoms with Gasteiger partial charge in [0.1, 0.15) is 6.10 Å². The Morgan fingerprint density at radius 3 is 2.56 bits per heavy atom. The number of carbonyl (C=O) groups is 1. The Labute approximate surface area is 96.6 Å². The molecule has 1 unspecified atom stereocenters. The summed E-state index contributed by atoms with van der Waals surface area (Å²) in [6.07, 6.45) is 2.01. The first-order chi connectivity index (χ1) is 7.63. The van der Waals surface area contributed by atoms with Crippen LogP contribution in [-0.4, -0.2) is 19.0 Å². The van der Waals surface area contributed by atoms with Gasteiger partial charge in [0, 0.05) is 12.7 Å². The van der Waals surface area contributed by atoms with Gasteiger partial charge in [0.2, 0.25) is 0 Å². The van der Waals surface area contributed by atoms with Crippen molar-refractivity contribution in [3.05, 3.63) is 34.9 Å². The van der Waals surface area contributed by atoms with E-state index in [1.54, 1.807) is 7.11 Å². The number of rotatable bonds is 4. The zero-order chi connectivity index (χ0) is 11.7. The van der Waals surface area contributed by atoms with E-state index in [1.165, 1.54) is 5.56 Å². The van der Waals surface area contributed by atoms with Gasteiger partial charge in [-0.25, -0.2) is 0 Å². The molecule has 1 aliphatic carbocycles. The zero-order valence-electron chi connectivity index (χ0n) is 10.1. The molecule has 0 amide bonds. The Bertz CT molecular complexity index is 405. The quantitative estimate of drug-likeness (QED) is 0.726. The number of hydrogen-bond donors (Lipinski definition) is 0. The molecular weight excluding hydrogens is 200 g/mol. The number of methoxy groups -OCH3 is 1. The minimum Gasteiger partial charge on any atom is -0.373 e. The average Bonchev–Trinajstić information content (AvgIpc) is 3.02. The number of Topliss-reactive ketones (excluding diaryl/α,β-unsaturated/α-hetero) is 1. The summed E-state index contributed by atoms with van der Waals surface area (Å²) in [5.74, 6) is 0.584. The molecule has 16 heavy (non-hydrogen) atoms. The van der Waals surface area contributed by atoms with Crippen LogP contribution in [0.4, 0.5) is 0 Å². The number of hydrogen-bond acceptors (Lipinski definition) is 2. The van der Waals surface area contributed by atoms with Crippen LogP contribution in [0.2, 0.25) is 0 Å². The zero-order valence-corrected chi connectivity index (χ0v) is 10.1. The van der Waals surface area contributed by atoms with Gasteiger partial charge in [-0.2, -0.15) is 0 Å². The molecule has 0 radical (unpaired) electrons. The van der Waals surface area contributed by atoms with Crippen molar-refractivity contribution < 1.29 is 9.53 Å². The highest BCUT2D eigenvalue weighted by atomic mass is 16.5. The van der Waals surface area contributed by atoms with Gasteiger partial charge in [-0.05, 0) is 38.2 Å². The van der Waals surface area contributed by atoms with Crippen LogP contribution in [0.5, 0.6) is 0 Å². The molecule has 2 rings (SSSR count). The molecule has 1 aliphatic rings. The van der Waals surface area contributed by atoms with Crippen molar-refractivity contribution in [2.45, 2.75) is 32.8 Å². The highest BCUT2D eigenvalue weighted by molar-refractivity contribution is 6.01. The van der Waals surface area contributed by atoms with Crippen LogP contribution in [0.25, 0.3) is 0 Å². The number of benzene rings is 1. The SMILES string of the molecule is COC(C(=O)c1ccc(C)cc1C)C1CC1. The number of ketones is 1. The molecule has 0 N–H and O–H groups in total. The number of aryl methyl sites for hydroxylation is 2. The minimum atomic E-state index is -0.235. The van der Waals surface area contributed by atoms with Crippen molar-refractivity contribution in [3.8, 4) is 0 Å². The van der Waals surface area contributed by atoms with Crippen LogP contribution in [0.1, 0.15) is 34.3 Å². The summed E-state index contributed by atoms with van der Waals surface area (Å²) < 4.78 is 5.33. The van der Waals surface area contributed by atoms with E-state index in [0.717, 1.165) is 24.0 Å². The molecule has 1 atom stereocenters. The predicted molar refractivity (Wildman–Crippen MR) is 63.8 cm³/mol. The summed E-state index contributed by atoms with van der Waals surface area (Å²) in [5.41, 5.74) is 3.05. The van der Waals surface area contributed by atoms with E-state index in [9.17, 15) is 4.79 Å². The maximum absolute atomic E-state index is 12.3. The lowest BCUT2D eigenvalue weighted by molar-refractivity contribution is 0.0539. The average molecular weight is 218 g/mol. The van der Waals surface area contributed by atoms with Gasteiger partial charge in [0.05, 0.1) is 0 Å². The standard InChI is InChI=1S/C14H18O2/c1-9-4-7-12(10(2)8-9)13(15)14(16-3)11-5-6-11/h4,7-8,11,14H,5-6H2,1-3H3. The van der Waals surface area contributed by atoms with Crippen LogP contribution >= 0.6 is 0 Å². The first kappa shape index (κ1) is 11.3. The lowest BCUT2D eigenvalue weighted by Crippen LogP contribution is -2.25. The van der Waals surface area contributed by atoms with E-state index in [0.29, 0.717) is 5.92 Å². The van der Waals surface area contributed by atoms with Crippen LogP contribution in [0.15, 0.2) is 18.2 Å². The fourth-order valence-electron chi connectivity index (χ4n) is 2.16. The van der Waals surface area contributed by atoms with Gasteiger partial charge >= 0.3 is 0 Å². The molecular formula is C14H18O2. The van der Waals surface area contributed by atoms with Gasteiger partial charge in [-0.3, -0.25) is 4.79 Å². The van der Waals surface area contributed by atoms with E-state index >= 15 is 0 Å². The lowest BCUT2D eigenvalue weighted by Gasteiger charge is -2.14. The van der Waals surface area contributed by atoms with E-state index < -0.39 is 0 Å². The summed E-state index contributed by atoms with van der Waals surface area (Å²) in [4.78, 5) is 12.3. The maximum atomic E-state index is 12.3. The second kappa shape index (κ2) is 4.38. The molecule has 1 fully saturated rings. The predicted octanol–water partition coefficient (Wildman–Crippen LogP) is 2.91. The Balaban J connectivity index is 2.25. The van der Waals surface area contributed by atoms with E-state index in [1.807, 2.05) is 32.0 Å². The molecule has 1 aromatic carbocycles. The molecule has 2 heteroatoms. The van der Waals surface area contributed by atoms with E-state index in [2.05, 4.69) is 0 Å². The smallest absolute Gasteiger partial charge is 0.192 e. The van der Waals surface area contributed by atoms with Crippen molar-refractivity contribution in [3.63, 3.8) is 0 Å². The van der Waals surface area contributed by atoms with Gasteiger partial charge < -0.3 is 4.74 Å². The third-order valence-electron chi connectivity index (χ3n) is 3.21. The molecule has 0 spiro atoms. The Hall–Kier alpha value is -1.15. The van der Waals surface area contributed by atoms with Gasteiger partial charge in [0.25, 0.3) is 0 Å². The van der Waals surface area contributed by atoms with Crippen molar-refractivity contribution >= 4 is 5.78 Å². The van der Waals surface area contributed by atoms with Gasteiger partial charge in [-0.15, -0.1) is 0 Å². The molecule has 1 saturated carbocycles. The normalized spacial score (nSPS) is 17.2. The Kier molecular flexibility index (Phi) is 3.10. The van der Waals surface area contributed by atoms with Crippen LogP contribution in [0, 0.1) is 19.8 Å². The Morgan fingerprint density at radius 1 is 1.38 bits per heavy atom. The first-order valence-electron chi connectivity index (χ1n) is 5.77. The molecule has 86 valence electrons. The number of carbonyl (C=O) groups excluding carboxylic acids is 1. The van der Waals surface area contributed by atoms with Gasteiger partial charge in [-0.1, -0.05) is 23.8 Å². The topological polar surface area (TPSA) is 26.3 Å². The summed E-state index contributed by atoms with van der Waals surface area (Å²) >= 11 is 0. The van der Waals surface area contributed by atoms with Crippen molar-refractivity contribution in [2.24, 2.45) is 5.92 Å². The molecule has 2 nitrogen and oxygen atoms in total. The molecule has 0 aliphatic heterocycles. The molecule has 1 aromatic rings. The van der Waals surface area contributed by atoms with E-state index in [4.69, 9.17) is 4.74 Å². The van der Waals surface area contributed by atoms with Crippen molar-refractivity contribution in [2.75, 3.05) is 7.11 Å². The van der Waals surface area contributed by atoms with Crippen LogP contribution in [0.3, 0.4) is 0 Å². The summed E-state index contributed by atoms with van der Waals surface area (Å²) in [7, 11) is 1.63. The highest BCUT2D eigenvalue weighted by Gasteiger charge is 2.36. The van der Waals surface area contributed by atoms with Crippen LogP contribution in [-0.2, 0) is 4.74 Å². The maximum Gasteiger partial charge on any atom is 0.192 e. The largest absolute Gasteiger partial charge is 0.373 e. The molecule has 0 heterocycles. The third-order valence-corrected chi connectivity index (χ3v) is 3.21. The summed E-state index contributed by atoms with van der Waals surface area (Å²) in [6, 6.07) is 5.95. The van der Waals surface area contributed by atoms with Crippen LogP contribution < -0.4 is 0 Å². The fourth-order valence-corrected chi connectivity index (χ4v) is 2.16.